The summed E-state index contributed by atoms with van der Waals surface area (Å²) in [4.78, 5) is 0. The van der Waals surface area contributed by atoms with Gasteiger partial charge in [-0.25, -0.2) is 0 Å². The molecule has 0 aromatic rings. The standard InChI is InChI=1S/C11H22N2/c1-8(2)13-11-6-4-10(5-7-11)9(3)12/h8,10-11,13H,3-7,12H2,1-2H3. The van der Waals surface area contributed by atoms with E-state index in [1.54, 1.807) is 0 Å². The Bertz CT molecular complexity index is 167. The van der Waals surface area contributed by atoms with Gasteiger partial charge in [-0.2, -0.15) is 0 Å². The molecule has 0 atom stereocenters. The number of hydrogen-bond acceptors (Lipinski definition) is 2. The van der Waals surface area contributed by atoms with Crippen LogP contribution in [0, 0.1) is 5.92 Å². The highest BCUT2D eigenvalue weighted by molar-refractivity contribution is 4.97. The molecule has 0 spiro atoms. The molecule has 3 N–H and O–H groups in total. The largest absolute Gasteiger partial charge is 0.402 e. The monoisotopic (exact) mass is 182 g/mol. The molecule has 2 heteroatoms. The Hall–Kier alpha value is -0.500. The highest BCUT2D eigenvalue weighted by Gasteiger charge is 2.21. The summed E-state index contributed by atoms with van der Waals surface area (Å²) in [7, 11) is 0. The van der Waals surface area contributed by atoms with E-state index in [0.717, 1.165) is 5.70 Å². The summed E-state index contributed by atoms with van der Waals surface area (Å²) < 4.78 is 0. The molecule has 0 aliphatic heterocycles. The molecule has 76 valence electrons. The van der Waals surface area contributed by atoms with Gasteiger partial charge in [-0.3, -0.25) is 0 Å². The first-order valence-electron chi connectivity index (χ1n) is 5.30. The van der Waals surface area contributed by atoms with E-state index >= 15 is 0 Å². The van der Waals surface area contributed by atoms with Crippen LogP contribution in [0.1, 0.15) is 39.5 Å². The SMILES string of the molecule is C=C(N)C1CCC(NC(C)C)CC1. The van der Waals surface area contributed by atoms with Crippen LogP contribution in [-0.2, 0) is 0 Å². The normalized spacial score (nSPS) is 29.2. The van der Waals surface area contributed by atoms with Gasteiger partial charge in [-0.05, 0) is 31.6 Å². The fourth-order valence-corrected chi connectivity index (χ4v) is 2.10. The molecule has 0 aromatic carbocycles. The van der Waals surface area contributed by atoms with Gasteiger partial charge in [0.2, 0.25) is 0 Å². The molecule has 0 saturated heterocycles. The van der Waals surface area contributed by atoms with Crippen LogP contribution in [0.25, 0.3) is 0 Å². The molecule has 2 nitrogen and oxygen atoms in total. The molecule has 0 heterocycles. The molecule has 0 radical (unpaired) electrons. The second-order valence-electron chi connectivity index (χ2n) is 4.44. The third-order valence-electron chi connectivity index (χ3n) is 2.82. The Labute approximate surface area is 81.6 Å². The Morgan fingerprint density at radius 1 is 1.31 bits per heavy atom. The summed E-state index contributed by atoms with van der Waals surface area (Å²) in [6.07, 6.45) is 4.91. The van der Waals surface area contributed by atoms with E-state index in [1.807, 2.05) is 0 Å². The van der Waals surface area contributed by atoms with Gasteiger partial charge in [0.05, 0.1) is 0 Å². The summed E-state index contributed by atoms with van der Waals surface area (Å²) in [6, 6.07) is 1.30. The lowest BCUT2D eigenvalue weighted by Crippen LogP contribution is -2.38. The van der Waals surface area contributed by atoms with Crippen molar-refractivity contribution in [3.8, 4) is 0 Å². The molecule has 1 aliphatic rings. The minimum atomic E-state index is 0.574. The highest BCUT2D eigenvalue weighted by Crippen LogP contribution is 2.27. The number of allylic oxidation sites excluding steroid dienone is 1. The minimum absolute atomic E-state index is 0.574. The molecule has 0 aromatic heterocycles. The first kappa shape index (κ1) is 10.6. The molecule has 1 saturated carbocycles. The molecule has 13 heavy (non-hydrogen) atoms. The summed E-state index contributed by atoms with van der Waals surface area (Å²) in [5.41, 5.74) is 6.58. The lowest BCUT2D eigenvalue weighted by molar-refractivity contribution is 0.304. The molecular formula is C11H22N2. The molecule has 0 unspecified atom stereocenters. The fourth-order valence-electron chi connectivity index (χ4n) is 2.10. The maximum absolute atomic E-state index is 5.70. The van der Waals surface area contributed by atoms with E-state index in [-0.39, 0.29) is 0 Å². The van der Waals surface area contributed by atoms with Crippen molar-refractivity contribution in [3.05, 3.63) is 12.3 Å². The van der Waals surface area contributed by atoms with Crippen LogP contribution in [0.15, 0.2) is 12.3 Å². The third-order valence-corrected chi connectivity index (χ3v) is 2.82. The summed E-state index contributed by atoms with van der Waals surface area (Å²) >= 11 is 0. The molecule has 0 bridgehead atoms. The first-order chi connectivity index (χ1) is 6.09. The van der Waals surface area contributed by atoms with Crippen molar-refractivity contribution in [3.63, 3.8) is 0 Å². The van der Waals surface area contributed by atoms with Crippen LogP contribution in [0.2, 0.25) is 0 Å². The maximum Gasteiger partial charge on any atom is 0.00698 e. The van der Waals surface area contributed by atoms with E-state index in [4.69, 9.17) is 5.73 Å². The van der Waals surface area contributed by atoms with Gasteiger partial charge in [0, 0.05) is 17.8 Å². The Kier molecular flexibility index (Phi) is 3.79. The summed E-state index contributed by atoms with van der Waals surface area (Å²) in [5.74, 6) is 0.574. The predicted molar refractivity (Wildman–Crippen MR) is 57.3 cm³/mol. The van der Waals surface area contributed by atoms with Crippen molar-refractivity contribution in [1.82, 2.24) is 5.32 Å². The van der Waals surface area contributed by atoms with Crippen LogP contribution in [-0.4, -0.2) is 12.1 Å². The summed E-state index contributed by atoms with van der Waals surface area (Å²) in [6.45, 7) is 8.23. The third kappa shape index (κ3) is 3.39. The second-order valence-corrected chi connectivity index (χ2v) is 4.44. The second kappa shape index (κ2) is 4.66. The Morgan fingerprint density at radius 2 is 1.85 bits per heavy atom. The quantitative estimate of drug-likeness (QED) is 0.700. The van der Waals surface area contributed by atoms with Gasteiger partial charge in [-0.15, -0.1) is 0 Å². The summed E-state index contributed by atoms with van der Waals surface area (Å²) in [5, 5.41) is 3.57. The van der Waals surface area contributed by atoms with Crippen molar-refractivity contribution in [2.45, 2.75) is 51.6 Å². The Balaban J connectivity index is 2.26. The Morgan fingerprint density at radius 3 is 2.23 bits per heavy atom. The van der Waals surface area contributed by atoms with Gasteiger partial charge in [0.25, 0.3) is 0 Å². The van der Waals surface area contributed by atoms with Gasteiger partial charge < -0.3 is 11.1 Å². The van der Waals surface area contributed by atoms with Gasteiger partial charge in [0.15, 0.2) is 0 Å². The molecular weight excluding hydrogens is 160 g/mol. The van der Waals surface area contributed by atoms with Crippen LogP contribution >= 0.6 is 0 Å². The zero-order chi connectivity index (χ0) is 9.84. The van der Waals surface area contributed by atoms with Crippen molar-refractivity contribution >= 4 is 0 Å². The van der Waals surface area contributed by atoms with Gasteiger partial charge in [0.1, 0.15) is 0 Å². The number of hydrogen-bond donors (Lipinski definition) is 2. The molecule has 0 amide bonds. The van der Waals surface area contributed by atoms with Crippen LogP contribution in [0.3, 0.4) is 0 Å². The van der Waals surface area contributed by atoms with Crippen LogP contribution in [0.4, 0.5) is 0 Å². The van der Waals surface area contributed by atoms with Crippen molar-refractivity contribution in [2.75, 3.05) is 0 Å². The average molecular weight is 182 g/mol. The lowest BCUT2D eigenvalue weighted by atomic mass is 9.84. The smallest absolute Gasteiger partial charge is 0.00698 e. The van der Waals surface area contributed by atoms with Crippen molar-refractivity contribution in [2.24, 2.45) is 11.7 Å². The topological polar surface area (TPSA) is 38.0 Å². The van der Waals surface area contributed by atoms with E-state index in [9.17, 15) is 0 Å². The zero-order valence-corrected chi connectivity index (χ0v) is 8.84. The minimum Gasteiger partial charge on any atom is -0.402 e. The maximum atomic E-state index is 5.70. The van der Waals surface area contributed by atoms with Gasteiger partial charge >= 0.3 is 0 Å². The van der Waals surface area contributed by atoms with Crippen molar-refractivity contribution < 1.29 is 0 Å². The molecule has 1 aliphatic carbocycles. The van der Waals surface area contributed by atoms with Crippen LogP contribution in [0.5, 0.6) is 0 Å². The number of rotatable bonds is 3. The van der Waals surface area contributed by atoms with E-state index in [1.165, 1.54) is 25.7 Å². The van der Waals surface area contributed by atoms with Crippen LogP contribution < -0.4 is 11.1 Å². The highest BCUT2D eigenvalue weighted by atomic mass is 14.9. The zero-order valence-electron chi connectivity index (χ0n) is 8.84. The average Bonchev–Trinajstić information content (AvgIpc) is 2.04. The van der Waals surface area contributed by atoms with Gasteiger partial charge in [-0.1, -0.05) is 20.4 Å². The van der Waals surface area contributed by atoms with Crippen molar-refractivity contribution in [1.29, 1.82) is 0 Å². The fraction of sp³-hybridized carbons (Fsp3) is 0.818. The van der Waals surface area contributed by atoms with E-state index in [2.05, 4.69) is 25.7 Å². The first-order valence-corrected chi connectivity index (χ1v) is 5.30. The molecule has 1 fully saturated rings. The lowest BCUT2D eigenvalue weighted by Gasteiger charge is -2.30. The number of nitrogens with one attached hydrogen (secondary N) is 1. The van der Waals surface area contributed by atoms with E-state index in [0.29, 0.717) is 18.0 Å². The predicted octanol–water partition coefficient (Wildman–Crippen LogP) is 2.02. The number of nitrogens with two attached hydrogens (primary N) is 1. The van der Waals surface area contributed by atoms with E-state index < -0.39 is 0 Å². The molecule has 1 rings (SSSR count).